The van der Waals surface area contributed by atoms with Gasteiger partial charge in [0.15, 0.2) is 10.8 Å². The molecule has 0 atom stereocenters. The first kappa shape index (κ1) is 17.4. The first-order valence-electron chi connectivity index (χ1n) is 7.34. The predicted octanol–water partition coefficient (Wildman–Crippen LogP) is 3.86. The molecule has 2 amide bonds. The van der Waals surface area contributed by atoms with Gasteiger partial charge in [-0.2, -0.15) is 0 Å². The van der Waals surface area contributed by atoms with E-state index in [1.807, 2.05) is 19.1 Å². The lowest BCUT2D eigenvalue weighted by atomic mass is 10.2. The third-order valence-corrected chi connectivity index (χ3v) is 5.05. The van der Waals surface area contributed by atoms with Crippen LogP contribution in [0.25, 0.3) is 10.8 Å². The zero-order valence-corrected chi connectivity index (χ0v) is 15.8. The van der Waals surface area contributed by atoms with Gasteiger partial charge in [-0.05, 0) is 50.2 Å². The Morgan fingerprint density at radius 3 is 2.36 bits per heavy atom. The lowest BCUT2D eigenvalue weighted by Gasteiger charge is -2.06. The smallest absolute Gasteiger partial charge is 0.281 e. The van der Waals surface area contributed by atoms with Crippen LogP contribution in [0, 0.1) is 13.8 Å². The molecule has 0 saturated heterocycles. The molecular formula is C17H14BrN3O3S. The van der Waals surface area contributed by atoms with Crippen LogP contribution in [0.5, 0.6) is 0 Å². The summed E-state index contributed by atoms with van der Waals surface area (Å²) in [5.41, 5.74) is 5.83. The maximum Gasteiger partial charge on any atom is 0.281 e. The van der Waals surface area contributed by atoms with E-state index in [9.17, 15) is 9.59 Å². The maximum absolute atomic E-state index is 12.3. The number of thiazole rings is 1. The third-order valence-electron chi connectivity index (χ3n) is 3.35. The van der Waals surface area contributed by atoms with Crippen molar-refractivity contribution in [1.29, 1.82) is 0 Å². The fourth-order valence-corrected chi connectivity index (χ4v) is 3.29. The van der Waals surface area contributed by atoms with Gasteiger partial charge in [-0.1, -0.05) is 15.9 Å². The molecule has 0 aliphatic carbocycles. The predicted molar refractivity (Wildman–Crippen MR) is 98.4 cm³/mol. The Kier molecular flexibility index (Phi) is 5.00. The molecular weight excluding hydrogens is 406 g/mol. The minimum atomic E-state index is -0.421. The number of nitrogens with one attached hydrogen (secondary N) is 2. The van der Waals surface area contributed by atoms with Crippen LogP contribution < -0.4 is 10.9 Å². The molecule has 2 heterocycles. The van der Waals surface area contributed by atoms with Gasteiger partial charge in [0.2, 0.25) is 0 Å². The Labute approximate surface area is 156 Å². The Morgan fingerprint density at radius 2 is 1.72 bits per heavy atom. The zero-order valence-electron chi connectivity index (χ0n) is 13.4. The van der Waals surface area contributed by atoms with Crippen molar-refractivity contribution in [3.05, 3.63) is 62.8 Å². The second-order valence-corrected chi connectivity index (χ2v) is 7.17. The fourth-order valence-electron chi connectivity index (χ4n) is 2.11. The monoisotopic (exact) mass is 419 g/mol. The summed E-state index contributed by atoms with van der Waals surface area (Å²) < 4.78 is 6.40. The van der Waals surface area contributed by atoms with E-state index in [-0.39, 0.29) is 0 Å². The van der Waals surface area contributed by atoms with Gasteiger partial charge >= 0.3 is 0 Å². The lowest BCUT2D eigenvalue weighted by Crippen LogP contribution is -2.41. The second-order valence-electron chi connectivity index (χ2n) is 5.26. The number of aryl methyl sites for hydroxylation is 2. The molecule has 0 aliphatic heterocycles. The maximum atomic E-state index is 12.3. The molecule has 8 heteroatoms. The van der Waals surface area contributed by atoms with E-state index in [0.717, 1.165) is 10.2 Å². The van der Waals surface area contributed by atoms with Gasteiger partial charge in [0.05, 0.1) is 5.69 Å². The number of hydrazine groups is 1. The Bertz CT molecular complexity index is 931. The molecule has 0 spiro atoms. The first-order valence-corrected chi connectivity index (χ1v) is 8.95. The highest BCUT2D eigenvalue weighted by molar-refractivity contribution is 9.10. The molecule has 128 valence electrons. The number of hydrogen-bond donors (Lipinski definition) is 2. The van der Waals surface area contributed by atoms with Crippen LogP contribution in [-0.4, -0.2) is 16.8 Å². The molecule has 2 N–H and O–H groups in total. The van der Waals surface area contributed by atoms with Crippen LogP contribution in [0.3, 0.4) is 0 Å². The fraction of sp³-hybridized carbons (Fsp3) is 0.118. The van der Waals surface area contributed by atoms with E-state index >= 15 is 0 Å². The van der Waals surface area contributed by atoms with Crippen LogP contribution in [0.1, 0.15) is 31.5 Å². The van der Waals surface area contributed by atoms with Gasteiger partial charge < -0.3 is 4.42 Å². The van der Waals surface area contributed by atoms with Crippen LogP contribution in [0.4, 0.5) is 0 Å². The van der Waals surface area contributed by atoms with E-state index in [2.05, 4.69) is 31.8 Å². The van der Waals surface area contributed by atoms with E-state index in [1.165, 1.54) is 11.3 Å². The van der Waals surface area contributed by atoms with Crippen molar-refractivity contribution >= 4 is 39.1 Å². The number of aromatic nitrogens is 1. The van der Waals surface area contributed by atoms with E-state index in [1.54, 1.807) is 31.2 Å². The first-order chi connectivity index (χ1) is 11.9. The minimum Gasteiger partial charge on any atom is -0.459 e. The second kappa shape index (κ2) is 7.20. The summed E-state index contributed by atoms with van der Waals surface area (Å²) >= 11 is 4.51. The molecule has 6 nitrogen and oxygen atoms in total. The quantitative estimate of drug-likeness (QED) is 0.631. The summed E-state index contributed by atoms with van der Waals surface area (Å²) in [6, 6.07) is 10.5. The Balaban J connectivity index is 1.68. The number of rotatable bonds is 3. The minimum absolute atomic E-state index is 0.398. The van der Waals surface area contributed by atoms with Crippen molar-refractivity contribution in [3.8, 4) is 10.8 Å². The van der Waals surface area contributed by atoms with Crippen molar-refractivity contribution in [3.63, 3.8) is 0 Å². The molecule has 25 heavy (non-hydrogen) atoms. The molecule has 2 aromatic heterocycles. The summed E-state index contributed by atoms with van der Waals surface area (Å²) in [5, 5.41) is 0.620. The van der Waals surface area contributed by atoms with E-state index in [0.29, 0.717) is 26.9 Å². The van der Waals surface area contributed by atoms with Crippen molar-refractivity contribution in [2.75, 3.05) is 0 Å². The summed E-state index contributed by atoms with van der Waals surface area (Å²) in [4.78, 5) is 29.1. The van der Waals surface area contributed by atoms with Crippen molar-refractivity contribution < 1.29 is 14.0 Å². The van der Waals surface area contributed by atoms with Crippen LogP contribution in [0.2, 0.25) is 0 Å². The van der Waals surface area contributed by atoms with Gasteiger partial charge in [0, 0.05) is 10.0 Å². The van der Waals surface area contributed by atoms with Crippen LogP contribution in [-0.2, 0) is 0 Å². The number of nitrogens with zero attached hydrogens (tertiary/aromatic N) is 1. The highest BCUT2D eigenvalue weighted by atomic mass is 79.9. The summed E-state index contributed by atoms with van der Waals surface area (Å²) in [5.74, 6) is 0.569. The number of hydrogen-bond acceptors (Lipinski definition) is 5. The molecule has 0 radical (unpaired) electrons. The summed E-state index contributed by atoms with van der Waals surface area (Å²) in [7, 11) is 0. The van der Waals surface area contributed by atoms with Crippen molar-refractivity contribution in [2.24, 2.45) is 0 Å². The highest BCUT2D eigenvalue weighted by Gasteiger charge is 2.18. The molecule has 1 aromatic carbocycles. The van der Waals surface area contributed by atoms with Gasteiger partial charge in [-0.25, -0.2) is 4.98 Å². The largest absolute Gasteiger partial charge is 0.459 e. The molecule has 0 fully saturated rings. The van der Waals surface area contributed by atoms with Gasteiger partial charge in [-0.15, -0.1) is 11.3 Å². The number of halogens is 1. The average Bonchev–Trinajstić information content (AvgIpc) is 3.19. The van der Waals surface area contributed by atoms with Gasteiger partial charge in [0.1, 0.15) is 10.6 Å². The third kappa shape index (κ3) is 3.97. The SMILES string of the molecule is Cc1ccc(-c2nc(C)c(C(=O)NNC(=O)c3ccc(Br)cc3)s2)o1. The highest BCUT2D eigenvalue weighted by Crippen LogP contribution is 2.29. The Hall–Kier alpha value is -2.45. The molecule has 0 aliphatic rings. The molecule has 0 unspecified atom stereocenters. The summed E-state index contributed by atoms with van der Waals surface area (Å²) in [6.45, 7) is 3.58. The topological polar surface area (TPSA) is 84.2 Å². The normalized spacial score (nSPS) is 10.5. The molecule has 0 bridgehead atoms. The summed E-state index contributed by atoms with van der Waals surface area (Å²) in [6.07, 6.45) is 0. The van der Waals surface area contributed by atoms with Crippen molar-refractivity contribution in [1.82, 2.24) is 15.8 Å². The lowest BCUT2D eigenvalue weighted by molar-refractivity contribution is 0.0848. The molecule has 3 aromatic rings. The zero-order chi connectivity index (χ0) is 18.0. The Morgan fingerprint density at radius 1 is 1.04 bits per heavy atom. The number of benzene rings is 1. The van der Waals surface area contributed by atoms with Gasteiger partial charge in [0.25, 0.3) is 11.8 Å². The molecule has 3 rings (SSSR count). The van der Waals surface area contributed by atoms with Crippen LogP contribution in [0.15, 0.2) is 45.3 Å². The number of furan rings is 1. The standard InChI is InChI=1S/C17H14BrN3O3S/c1-9-3-8-13(24-9)17-19-10(2)14(25-17)16(23)21-20-15(22)11-4-6-12(18)7-5-11/h3-8H,1-2H3,(H,20,22)(H,21,23). The number of carbonyl (C=O) groups is 2. The van der Waals surface area contributed by atoms with E-state index < -0.39 is 11.8 Å². The molecule has 0 saturated carbocycles. The van der Waals surface area contributed by atoms with E-state index in [4.69, 9.17) is 4.42 Å². The van der Waals surface area contributed by atoms with Gasteiger partial charge in [-0.3, -0.25) is 20.4 Å². The van der Waals surface area contributed by atoms with Crippen LogP contribution >= 0.6 is 27.3 Å². The average molecular weight is 420 g/mol. The van der Waals surface area contributed by atoms with Crippen molar-refractivity contribution in [2.45, 2.75) is 13.8 Å². The number of amides is 2. The number of carbonyl (C=O) groups excluding carboxylic acids is 2.